The predicted molar refractivity (Wildman–Crippen MR) is 72.0 cm³/mol. The average Bonchev–Trinajstić information content (AvgIpc) is 2.34. The third kappa shape index (κ3) is 2.36. The van der Waals surface area contributed by atoms with Gasteiger partial charge in [0.05, 0.1) is 5.69 Å². The molecule has 1 fully saturated rings. The number of nitrogens with two attached hydrogens (primary N) is 1. The van der Waals surface area contributed by atoms with E-state index in [-0.39, 0.29) is 4.90 Å². The van der Waals surface area contributed by atoms with E-state index in [2.05, 4.69) is 5.32 Å². The van der Waals surface area contributed by atoms with Crippen LogP contribution in [0.25, 0.3) is 0 Å². The standard InChI is InChI=1S/C12H19N3O2S/c1-9-7-11(13)12(8-10(9)2)18(16,17)15-5-3-14-4-6-15/h7-8,14H,3-6,13H2,1-2H3. The van der Waals surface area contributed by atoms with Crippen LogP contribution in [0, 0.1) is 13.8 Å². The number of aryl methyl sites for hydroxylation is 2. The summed E-state index contributed by atoms with van der Waals surface area (Å²) < 4.78 is 26.5. The first kappa shape index (κ1) is 13.3. The Morgan fingerprint density at radius 1 is 1.17 bits per heavy atom. The summed E-state index contributed by atoms with van der Waals surface area (Å²) in [5.41, 5.74) is 8.14. The van der Waals surface area contributed by atoms with Gasteiger partial charge in [0.1, 0.15) is 4.90 Å². The molecule has 0 amide bonds. The van der Waals surface area contributed by atoms with Crippen molar-refractivity contribution in [2.75, 3.05) is 31.9 Å². The number of sulfonamides is 1. The lowest BCUT2D eigenvalue weighted by atomic mass is 10.1. The Morgan fingerprint density at radius 3 is 2.33 bits per heavy atom. The van der Waals surface area contributed by atoms with Gasteiger partial charge < -0.3 is 11.1 Å². The summed E-state index contributed by atoms with van der Waals surface area (Å²) in [7, 11) is -3.46. The second-order valence-corrected chi connectivity index (χ2v) is 6.53. The van der Waals surface area contributed by atoms with Gasteiger partial charge in [-0.25, -0.2) is 8.42 Å². The summed E-state index contributed by atoms with van der Waals surface area (Å²) in [6, 6.07) is 3.40. The summed E-state index contributed by atoms with van der Waals surface area (Å²) in [4.78, 5) is 0.229. The molecule has 1 aromatic rings. The molecule has 5 nitrogen and oxygen atoms in total. The highest BCUT2D eigenvalue weighted by Crippen LogP contribution is 2.25. The maximum absolute atomic E-state index is 12.5. The molecule has 18 heavy (non-hydrogen) atoms. The van der Waals surface area contributed by atoms with Crippen molar-refractivity contribution in [3.8, 4) is 0 Å². The molecule has 0 unspecified atom stereocenters. The molecule has 0 saturated carbocycles. The van der Waals surface area contributed by atoms with Crippen molar-refractivity contribution in [1.82, 2.24) is 9.62 Å². The fourth-order valence-corrected chi connectivity index (χ4v) is 3.68. The normalized spacial score (nSPS) is 17.9. The second kappa shape index (κ2) is 4.87. The van der Waals surface area contributed by atoms with Crippen molar-refractivity contribution in [3.05, 3.63) is 23.3 Å². The summed E-state index contributed by atoms with van der Waals surface area (Å²) in [5.74, 6) is 0. The third-order valence-corrected chi connectivity index (χ3v) is 5.27. The number of anilines is 1. The second-order valence-electron chi connectivity index (χ2n) is 4.63. The van der Waals surface area contributed by atoms with Crippen LogP contribution in [-0.4, -0.2) is 38.9 Å². The van der Waals surface area contributed by atoms with Crippen LogP contribution in [0.3, 0.4) is 0 Å². The molecule has 1 aliphatic heterocycles. The van der Waals surface area contributed by atoms with E-state index >= 15 is 0 Å². The number of rotatable bonds is 2. The summed E-state index contributed by atoms with van der Waals surface area (Å²) in [6.45, 7) is 6.18. The molecule has 0 atom stereocenters. The van der Waals surface area contributed by atoms with E-state index in [9.17, 15) is 8.42 Å². The lowest BCUT2D eigenvalue weighted by molar-refractivity contribution is 0.360. The summed E-state index contributed by atoms with van der Waals surface area (Å²) in [5, 5.41) is 3.14. The van der Waals surface area contributed by atoms with Gasteiger partial charge in [-0.2, -0.15) is 4.31 Å². The Bertz CT molecular complexity index is 549. The largest absolute Gasteiger partial charge is 0.398 e. The summed E-state index contributed by atoms with van der Waals surface area (Å²) in [6.07, 6.45) is 0. The lowest BCUT2D eigenvalue weighted by Crippen LogP contribution is -2.46. The molecule has 3 N–H and O–H groups in total. The molecule has 1 saturated heterocycles. The highest BCUT2D eigenvalue weighted by atomic mass is 32.2. The minimum atomic E-state index is -3.46. The first-order valence-electron chi connectivity index (χ1n) is 6.00. The Kier molecular flexibility index (Phi) is 3.61. The number of benzene rings is 1. The molecule has 6 heteroatoms. The number of nitrogens with zero attached hydrogens (tertiary/aromatic N) is 1. The lowest BCUT2D eigenvalue weighted by Gasteiger charge is -2.27. The Labute approximate surface area is 108 Å². The Balaban J connectivity index is 2.43. The van der Waals surface area contributed by atoms with E-state index in [1.54, 1.807) is 12.1 Å². The van der Waals surface area contributed by atoms with Gasteiger partial charge >= 0.3 is 0 Å². The van der Waals surface area contributed by atoms with Crippen molar-refractivity contribution in [1.29, 1.82) is 0 Å². The molecule has 1 aromatic carbocycles. The first-order chi connectivity index (χ1) is 8.43. The first-order valence-corrected chi connectivity index (χ1v) is 7.44. The smallest absolute Gasteiger partial charge is 0.245 e. The van der Waals surface area contributed by atoms with E-state index in [0.29, 0.717) is 31.9 Å². The van der Waals surface area contributed by atoms with Gasteiger partial charge in [-0.05, 0) is 37.1 Å². The van der Waals surface area contributed by atoms with Crippen LogP contribution in [0.15, 0.2) is 17.0 Å². The van der Waals surface area contributed by atoms with Gasteiger partial charge in [0.2, 0.25) is 10.0 Å². The summed E-state index contributed by atoms with van der Waals surface area (Å²) >= 11 is 0. The molecule has 100 valence electrons. The van der Waals surface area contributed by atoms with E-state index < -0.39 is 10.0 Å². The van der Waals surface area contributed by atoms with Crippen LogP contribution in [0.2, 0.25) is 0 Å². The Morgan fingerprint density at radius 2 is 1.72 bits per heavy atom. The van der Waals surface area contributed by atoms with E-state index in [1.165, 1.54) is 4.31 Å². The number of nitrogen functional groups attached to an aromatic ring is 1. The van der Waals surface area contributed by atoms with E-state index in [0.717, 1.165) is 11.1 Å². The van der Waals surface area contributed by atoms with Crippen molar-refractivity contribution < 1.29 is 8.42 Å². The van der Waals surface area contributed by atoms with Crippen LogP contribution >= 0.6 is 0 Å². The van der Waals surface area contributed by atoms with Gasteiger partial charge in [-0.1, -0.05) is 0 Å². The SMILES string of the molecule is Cc1cc(N)c(S(=O)(=O)N2CCNCC2)cc1C. The molecular formula is C12H19N3O2S. The van der Waals surface area contributed by atoms with Crippen LogP contribution in [-0.2, 0) is 10.0 Å². The molecule has 2 rings (SSSR count). The van der Waals surface area contributed by atoms with Crippen molar-refractivity contribution >= 4 is 15.7 Å². The van der Waals surface area contributed by atoms with Gasteiger partial charge in [0, 0.05) is 26.2 Å². The predicted octanol–water partition coefficient (Wildman–Crippen LogP) is 0.480. The average molecular weight is 269 g/mol. The molecule has 0 aromatic heterocycles. The van der Waals surface area contributed by atoms with Crippen LogP contribution < -0.4 is 11.1 Å². The molecule has 0 spiro atoms. The maximum atomic E-state index is 12.5. The molecular weight excluding hydrogens is 250 g/mol. The fourth-order valence-electron chi connectivity index (χ4n) is 2.06. The fraction of sp³-hybridized carbons (Fsp3) is 0.500. The van der Waals surface area contributed by atoms with Crippen molar-refractivity contribution in [2.24, 2.45) is 0 Å². The number of hydrogen-bond acceptors (Lipinski definition) is 4. The van der Waals surface area contributed by atoms with Crippen molar-refractivity contribution in [2.45, 2.75) is 18.7 Å². The number of hydrogen-bond donors (Lipinski definition) is 2. The van der Waals surface area contributed by atoms with Gasteiger partial charge in [0.25, 0.3) is 0 Å². The van der Waals surface area contributed by atoms with Crippen molar-refractivity contribution in [3.63, 3.8) is 0 Å². The number of piperazine rings is 1. The minimum absolute atomic E-state index is 0.229. The van der Waals surface area contributed by atoms with Crippen LogP contribution in [0.1, 0.15) is 11.1 Å². The van der Waals surface area contributed by atoms with E-state index in [1.807, 2.05) is 13.8 Å². The molecule has 1 heterocycles. The van der Waals surface area contributed by atoms with Gasteiger partial charge in [-0.15, -0.1) is 0 Å². The van der Waals surface area contributed by atoms with Gasteiger partial charge in [-0.3, -0.25) is 0 Å². The van der Waals surface area contributed by atoms with Crippen LogP contribution in [0.4, 0.5) is 5.69 Å². The maximum Gasteiger partial charge on any atom is 0.245 e. The van der Waals surface area contributed by atoms with E-state index in [4.69, 9.17) is 5.73 Å². The molecule has 0 radical (unpaired) electrons. The zero-order chi connectivity index (χ0) is 13.3. The Hall–Kier alpha value is -1.11. The highest BCUT2D eigenvalue weighted by molar-refractivity contribution is 7.89. The molecule has 0 bridgehead atoms. The number of nitrogens with one attached hydrogen (secondary N) is 1. The monoisotopic (exact) mass is 269 g/mol. The van der Waals surface area contributed by atoms with Crippen LogP contribution in [0.5, 0.6) is 0 Å². The zero-order valence-electron chi connectivity index (χ0n) is 10.7. The highest BCUT2D eigenvalue weighted by Gasteiger charge is 2.27. The molecule has 0 aliphatic carbocycles. The topological polar surface area (TPSA) is 75.4 Å². The minimum Gasteiger partial charge on any atom is -0.398 e. The molecule has 1 aliphatic rings. The third-order valence-electron chi connectivity index (χ3n) is 3.32. The van der Waals surface area contributed by atoms with Gasteiger partial charge in [0.15, 0.2) is 0 Å². The zero-order valence-corrected chi connectivity index (χ0v) is 11.5. The quantitative estimate of drug-likeness (QED) is 0.766.